The minimum Gasteiger partial charge on any atom is -0.475 e. The van der Waals surface area contributed by atoms with Crippen LogP contribution < -0.4 is 10.2 Å². The number of aliphatic carboxylic acids is 1. The first-order chi connectivity index (χ1) is 19.2. The number of aromatic nitrogens is 2. The zero-order valence-corrected chi connectivity index (χ0v) is 22.9. The topological polar surface area (TPSA) is 102 Å². The van der Waals surface area contributed by atoms with Gasteiger partial charge < -0.3 is 25.1 Å². The summed E-state index contributed by atoms with van der Waals surface area (Å²) in [5.41, 5.74) is 2.19. The van der Waals surface area contributed by atoms with Gasteiger partial charge in [-0.15, -0.1) is 11.3 Å². The van der Waals surface area contributed by atoms with Crippen LogP contribution in [0, 0.1) is 0 Å². The molecular formula is C27H33F3N6O3S. The molecule has 2 fully saturated rings. The number of likely N-dealkylation sites (tertiary alicyclic amines) is 1. The van der Waals surface area contributed by atoms with E-state index in [4.69, 9.17) is 9.90 Å². The van der Waals surface area contributed by atoms with E-state index >= 15 is 0 Å². The quantitative estimate of drug-likeness (QED) is 0.453. The van der Waals surface area contributed by atoms with E-state index in [9.17, 15) is 18.0 Å². The van der Waals surface area contributed by atoms with E-state index in [-0.39, 0.29) is 6.03 Å². The number of fused-ring (bicyclic) bond motifs is 1. The number of hydrogen-bond donors (Lipinski definition) is 2. The van der Waals surface area contributed by atoms with Crippen molar-refractivity contribution in [1.82, 2.24) is 25.1 Å². The lowest BCUT2D eigenvalue weighted by Gasteiger charge is -2.27. The summed E-state index contributed by atoms with van der Waals surface area (Å²) in [6, 6.07) is 12.6. The normalized spacial score (nSPS) is 16.7. The van der Waals surface area contributed by atoms with Crippen molar-refractivity contribution in [2.45, 2.75) is 31.9 Å². The summed E-state index contributed by atoms with van der Waals surface area (Å²) in [6.07, 6.45) is 1.41. The number of alkyl halides is 3. The van der Waals surface area contributed by atoms with Crippen molar-refractivity contribution >= 4 is 39.4 Å². The van der Waals surface area contributed by atoms with Crippen molar-refractivity contribution in [3.8, 4) is 10.4 Å². The number of amides is 2. The summed E-state index contributed by atoms with van der Waals surface area (Å²) >= 11 is 1.74. The Hall–Kier alpha value is -3.45. The minimum atomic E-state index is -5.08. The summed E-state index contributed by atoms with van der Waals surface area (Å²) in [7, 11) is 0. The van der Waals surface area contributed by atoms with Crippen LogP contribution in [0.15, 0.2) is 42.7 Å². The molecule has 2 aliphatic rings. The third kappa shape index (κ3) is 8.04. The molecule has 9 nitrogen and oxygen atoms in total. The van der Waals surface area contributed by atoms with Crippen LogP contribution in [0.2, 0.25) is 0 Å². The molecule has 13 heteroatoms. The van der Waals surface area contributed by atoms with Gasteiger partial charge in [-0.1, -0.05) is 36.8 Å². The number of nitrogens with one attached hydrogen (secondary N) is 1. The number of rotatable bonds is 5. The van der Waals surface area contributed by atoms with Crippen LogP contribution >= 0.6 is 11.3 Å². The number of thiophene rings is 1. The van der Waals surface area contributed by atoms with Gasteiger partial charge in [0, 0.05) is 44.1 Å². The lowest BCUT2D eigenvalue weighted by atomic mass is 10.1. The molecule has 2 aliphatic heterocycles. The van der Waals surface area contributed by atoms with Gasteiger partial charge in [0.25, 0.3) is 0 Å². The largest absolute Gasteiger partial charge is 0.490 e. The van der Waals surface area contributed by atoms with E-state index in [2.05, 4.69) is 55.4 Å². The van der Waals surface area contributed by atoms with E-state index in [0.717, 1.165) is 68.3 Å². The highest BCUT2D eigenvalue weighted by atomic mass is 32.1. The number of carboxylic acid groups (broad SMARTS) is 1. The van der Waals surface area contributed by atoms with Gasteiger partial charge in [0.05, 0.1) is 10.2 Å². The SMILES string of the molecule is O=C(NCCN1CCCCC1)N1CCCN(c2ncnc3cc(-c4ccccc4)sc23)CC1.O=C(O)C(F)(F)F. The monoisotopic (exact) mass is 578 g/mol. The maximum atomic E-state index is 12.8. The molecule has 0 saturated carbocycles. The highest BCUT2D eigenvalue weighted by molar-refractivity contribution is 7.22. The Morgan fingerprint density at radius 3 is 2.38 bits per heavy atom. The Morgan fingerprint density at radius 1 is 0.950 bits per heavy atom. The molecule has 1 aromatic carbocycles. The average molecular weight is 579 g/mol. The van der Waals surface area contributed by atoms with Gasteiger partial charge in [-0.25, -0.2) is 19.6 Å². The number of anilines is 1. The van der Waals surface area contributed by atoms with Gasteiger partial charge in [0.2, 0.25) is 0 Å². The molecule has 2 amide bonds. The zero-order valence-electron chi connectivity index (χ0n) is 22.1. The summed E-state index contributed by atoms with van der Waals surface area (Å²) in [5, 5.41) is 10.3. The molecule has 0 bridgehead atoms. The zero-order chi connectivity index (χ0) is 28.5. The number of carboxylic acids is 1. The highest BCUT2D eigenvalue weighted by Crippen LogP contribution is 2.37. The minimum absolute atomic E-state index is 0.0594. The Balaban J connectivity index is 0.000000470. The molecule has 216 valence electrons. The second-order valence-electron chi connectivity index (χ2n) is 9.65. The van der Waals surface area contributed by atoms with Crippen molar-refractivity contribution in [1.29, 1.82) is 0 Å². The van der Waals surface area contributed by atoms with Gasteiger partial charge in [0.15, 0.2) is 0 Å². The van der Waals surface area contributed by atoms with E-state index < -0.39 is 12.1 Å². The van der Waals surface area contributed by atoms with Crippen LogP contribution in [0.5, 0.6) is 0 Å². The van der Waals surface area contributed by atoms with Crippen molar-refractivity contribution in [2.75, 3.05) is 57.3 Å². The van der Waals surface area contributed by atoms with Crippen LogP contribution in [0.25, 0.3) is 20.7 Å². The molecule has 0 atom stereocenters. The van der Waals surface area contributed by atoms with E-state index in [1.54, 1.807) is 17.7 Å². The molecule has 2 saturated heterocycles. The molecule has 40 heavy (non-hydrogen) atoms. The van der Waals surface area contributed by atoms with E-state index in [1.165, 1.54) is 29.7 Å². The van der Waals surface area contributed by atoms with Crippen LogP contribution in [0.3, 0.4) is 0 Å². The van der Waals surface area contributed by atoms with Crippen molar-refractivity contribution < 1.29 is 27.9 Å². The van der Waals surface area contributed by atoms with Crippen LogP contribution in [-0.4, -0.2) is 95.4 Å². The molecule has 0 unspecified atom stereocenters. The number of carbonyl (C=O) groups is 2. The van der Waals surface area contributed by atoms with E-state index in [1.807, 2.05) is 11.0 Å². The number of piperidine rings is 1. The lowest BCUT2D eigenvalue weighted by molar-refractivity contribution is -0.192. The predicted molar refractivity (Wildman–Crippen MR) is 149 cm³/mol. The molecule has 2 N–H and O–H groups in total. The fourth-order valence-corrected chi connectivity index (χ4v) is 5.89. The number of carbonyl (C=O) groups excluding carboxylic acids is 1. The Morgan fingerprint density at radius 2 is 1.68 bits per heavy atom. The number of hydrogen-bond acceptors (Lipinski definition) is 7. The maximum absolute atomic E-state index is 12.8. The highest BCUT2D eigenvalue weighted by Gasteiger charge is 2.38. The maximum Gasteiger partial charge on any atom is 0.490 e. The summed E-state index contributed by atoms with van der Waals surface area (Å²) in [4.78, 5) is 38.8. The Bertz CT molecular complexity index is 1270. The summed E-state index contributed by atoms with van der Waals surface area (Å²) < 4.78 is 32.9. The van der Waals surface area contributed by atoms with Gasteiger partial charge in [-0.2, -0.15) is 13.2 Å². The Labute approximate surface area is 234 Å². The standard InChI is InChI=1S/C25H32N6OS.C2HF3O2/c32-25(26-10-15-29-11-5-2-6-12-29)31-14-7-13-30(16-17-31)24-23-21(27-19-28-24)18-22(33-23)20-8-3-1-4-9-20;3-2(4,5)1(6)7/h1,3-4,8-9,18-19H,2,5-7,10-17H2,(H,26,32);(H,6,7). The van der Waals surface area contributed by atoms with Crippen LogP contribution in [0.1, 0.15) is 25.7 Å². The second-order valence-corrected chi connectivity index (χ2v) is 10.7. The molecular weight excluding hydrogens is 545 g/mol. The van der Waals surface area contributed by atoms with Crippen molar-refractivity contribution in [3.05, 3.63) is 42.7 Å². The third-order valence-electron chi connectivity index (χ3n) is 6.83. The molecule has 4 heterocycles. The molecule has 0 aliphatic carbocycles. The van der Waals surface area contributed by atoms with Crippen LogP contribution in [-0.2, 0) is 4.79 Å². The number of nitrogens with zero attached hydrogens (tertiary/aromatic N) is 5. The molecule has 5 rings (SSSR count). The fraction of sp³-hybridized carbons (Fsp3) is 0.481. The molecule has 0 radical (unpaired) electrons. The van der Waals surface area contributed by atoms with E-state index in [0.29, 0.717) is 6.54 Å². The first-order valence-corrected chi connectivity index (χ1v) is 14.1. The fourth-order valence-electron chi connectivity index (χ4n) is 4.76. The molecule has 0 spiro atoms. The molecule has 3 aromatic rings. The van der Waals surface area contributed by atoms with Gasteiger partial charge in [0.1, 0.15) is 12.1 Å². The van der Waals surface area contributed by atoms with Crippen molar-refractivity contribution in [2.24, 2.45) is 0 Å². The number of halogens is 3. The smallest absolute Gasteiger partial charge is 0.475 e. The summed E-state index contributed by atoms with van der Waals surface area (Å²) in [6.45, 7) is 7.16. The predicted octanol–water partition coefficient (Wildman–Crippen LogP) is 4.70. The van der Waals surface area contributed by atoms with Gasteiger partial charge >= 0.3 is 18.2 Å². The second kappa shape index (κ2) is 13.8. The summed E-state index contributed by atoms with van der Waals surface area (Å²) in [5.74, 6) is -1.77. The van der Waals surface area contributed by atoms with Crippen LogP contribution in [0.4, 0.5) is 23.8 Å². The number of benzene rings is 1. The number of urea groups is 1. The average Bonchev–Trinajstić information content (AvgIpc) is 3.24. The van der Waals surface area contributed by atoms with Gasteiger partial charge in [-0.3, -0.25) is 0 Å². The van der Waals surface area contributed by atoms with Gasteiger partial charge in [-0.05, 0) is 44.0 Å². The lowest BCUT2D eigenvalue weighted by Crippen LogP contribution is -2.45. The first-order valence-electron chi connectivity index (χ1n) is 13.3. The Kier molecular flexibility index (Phi) is 10.2. The molecule has 2 aromatic heterocycles. The van der Waals surface area contributed by atoms with Crippen molar-refractivity contribution in [3.63, 3.8) is 0 Å². The third-order valence-corrected chi connectivity index (χ3v) is 8.00. The first kappa shape index (κ1) is 29.5.